The minimum Gasteiger partial charge on any atom is -0.321 e. The highest BCUT2D eigenvalue weighted by Crippen LogP contribution is 2.12. The fraction of sp³-hybridized carbons (Fsp3) is 0.167. The molecule has 0 unspecified atom stereocenters. The van der Waals surface area contributed by atoms with Crippen molar-refractivity contribution in [2.24, 2.45) is 14.1 Å². The maximum atomic E-state index is 12.4. The highest BCUT2D eigenvalue weighted by Gasteiger charge is 2.14. The molecule has 8 heteroatoms. The molecule has 0 aliphatic carbocycles. The number of nitriles is 1. The van der Waals surface area contributed by atoms with Gasteiger partial charge >= 0.3 is 5.69 Å². The molecule has 0 saturated heterocycles. The smallest absolute Gasteiger partial charge is 0.321 e. The number of hydrogen-bond acceptors (Lipinski definition) is 5. The van der Waals surface area contributed by atoms with Gasteiger partial charge in [-0.3, -0.25) is 18.7 Å². The van der Waals surface area contributed by atoms with Gasteiger partial charge < -0.3 is 5.32 Å². The fourth-order valence-corrected chi connectivity index (χ4v) is 2.57. The van der Waals surface area contributed by atoms with Gasteiger partial charge in [0.1, 0.15) is 11.3 Å². The Labute approximate surface area is 148 Å². The van der Waals surface area contributed by atoms with E-state index in [2.05, 4.69) is 16.4 Å². The van der Waals surface area contributed by atoms with Crippen LogP contribution in [0.15, 0.2) is 46.0 Å². The van der Waals surface area contributed by atoms with Crippen molar-refractivity contribution >= 4 is 22.6 Å². The van der Waals surface area contributed by atoms with Crippen LogP contribution in [0.25, 0.3) is 11.0 Å². The summed E-state index contributed by atoms with van der Waals surface area (Å²) >= 11 is 0. The van der Waals surface area contributed by atoms with Gasteiger partial charge in [-0.1, -0.05) is 12.1 Å². The highest BCUT2D eigenvalue weighted by molar-refractivity contribution is 6.03. The predicted molar refractivity (Wildman–Crippen MR) is 95.9 cm³/mol. The number of rotatable bonds is 3. The summed E-state index contributed by atoms with van der Waals surface area (Å²) in [7, 11) is 2.88. The lowest BCUT2D eigenvalue weighted by Gasteiger charge is -2.09. The lowest BCUT2D eigenvalue weighted by Crippen LogP contribution is -2.37. The van der Waals surface area contributed by atoms with E-state index in [1.807, 2.05) is 0 Å². The molecule has 0 saturated carbocycles. The molecule has 0 aliphatic heterocycles. The van der Waals surface area contributed by atoms with Crippen molar-refractivity contribution in [3.8, 4) is 6.07 Å². The summed E-state index contributed by atoms with van der Waals surface area (Å²) in [5.41, 5.74) is 0.657. The number of benzene rings is 1. The van der Waals surface area contributed by atoms with Crippen LogP contribution in [0, 0.1) is 11.3 Å². The summed E-state index contributed by atoms with van der Waals surface area (Å²) in [6, 6.07) is 11.9. The number of pyridine rings is 1. The molecule has 0 atom stereocenters. The maximum absolute atomic E-state index is 12.4. The molecule has 1 N–H and O–H groups in total. The molecule has 26 heavy (non-hydrogen) atoms. The first kappa shape index (κ1) is 17.1. The van der Waals surface area contributed by atoms with E-state index in [0.717, 1.165) is 10.1 Å². The Morgan fingerprint density at radius 3 is 2.46 bits per heavy atom. The third-order valence-corrected chi connectivity index (χ3v) is 4.03. The maximum Gasteiger partial charge on any atom is 0.332 e. The third kappa shape index (κ3) is 2.98. The van der Waals surface area contributed by atoms with Gasteiger partial charge in [-0.2, -0.15) is 5.26 Å². The van der Waals surface area contributed by atoms with Gasteiger partial charge in [0.25, 0.3) is 11.5 Å². The normalized spacial score (nSPS) is 10.5. The van der Waals surface area contributed by atoms with Gasteiger partial charge in [-0.15, -0.1) is 0 Å². The van der Waals surface area contributed by atoms with Crippen LogP contribution in [-0.4, -0.2) is 20.0 Å². The van der Waals surface area contributed by atoms with E-state index in [4.69, 9.17) is 5.26 Å². The summed E-state index contributed by atoms with van der Waals surface area (Å²) in [5.74, 6) is -0.465. The van der Waals surface area contributed by atoms with Crippen molar-refractivity contribution in [2.45, 2.75) is 6.42 Å². The summed E-state index contributed by atoms with van der Waals surface area (Å²) in [6.07, 6.45) is 0.295. The summed E-state index contributed by atoms with van der Waals surface area (Å²) < 4.78 is 2.22. The van der Waals surface area contributed by atoms with E-state index < -0.39 is 17.2 Å². The van der Waals surface area contributed by atoms with E-state index >= 15 is 0 Å². The van der Waals surface area contributed by atoms with Gasteiger partial charge in [0.05, 0.1) is 17.9 Å². The predicted octanol–water partition coefficient (Wildman–Crippen LogP) is 0.951. The molecular weight excluding hydrogens is 334 g/mol. The standard InChI is InChI=1S/C18H15N5O3/c1-22-15-13(17(25)23(2)18(22)26)7-8-14(21-15)16(24)20-12-5-3-11(4-6-12)9-10-19/h3-8H,9H2,1-2H3,(H,20,24). The van der Waals surface area contributed by atoms with Gasteiger partial charge in [-0.05, 0) is 29.8 Å². The average Bonchev–Trinajstić information content (AvgIpc) is 2.66. The number of nitrogens with one attached hydrogen (secondary N) is 1. The van der Waals surface area contributed by atoms with Crippen molar-refractivity contribution < 1.29 is 4.79 Å². The second-order valence-corrected chi connectivity index (χ2v) is 5.76. The Kier molecular flexibility index (Phi) is 4.37. The summed E-state index contributed by atoms with van der Waals surface area (Å²) in [5, 5.41) is 11.6. The van der Waals surface area contributed by atoms with Crippen LogP contribution in [0.2, 0.25) is 0 Å². The van der Waals surface area contributed by atoms with Gasteiger partial charge in [0.15, 0.2) is 0 Å². The van der Waals surface area contributed by atoms with Crippen LogP contribution in [-0.2, 0) is 20.5 Å². The van der Waals surface area contributed by atoms with E-state index in [9.17, 15) is 14.4 Å². The Morgan fingerprint density at radius 1 is 1.12 bits per heavy atom. The molecule has 2 aromatic heterocycles. The average molecular weight is 349 g/mol. The van der Waals surface area contributed by atoms with Gasteiger partial charge in [0, 0.05) is 19.8 Å². The number of aryl methyl sites for hydroxylation is 1. The zero-order valence-electron chi connectivity index (χ0n) is 14.2. The molecule has 0 spiro atoms. The van der Waals surface area contributed by atoms with Crippen LogP contribution in [0.4, 0.5) is 5.69 Å². The Morgan fingerprint density at radius 2 is 1.81 bits per heavy atom. The van der Waals surface area contributed by atoms with Crippen LogP contribution >= 0.6 is 0 Å². The van der Waals surface area contributed by atoms with Gasteiger partial charge in [0.2, 0.25) is 0 Å². The van der Waals surface area contributed by atoms with Crippen molar-refractivity contribution in [3.63, 3.8) is 0 Å². The second-order valence-electron chi connectivity index (χ2n) is 5.76. The van der Waals surface area contributed by atoms with Gasteiger partial charge in [-0.25, -0.2) is 9.78 Å². The quantitative estimate of drug-likeness (QED) is 0.757. The number of aromatic nitrogens is 3. The SMILES string of the molecule is Cn1c(=O)c2ccc(C(=O)Nc3ccc(CC#N)cc3)nc2n(C)c1=O. The fourth-order valence-electron chi connectivity index (χ4n) is 2.57. The molecule has 0 fully saturated rings. The monoisotopic (exact) mass is 349 g/mol. The molecule has 1 amide bonds. The lowest BCUT2D eigenvalue weighted by molar-refractivity contribution is 0.102. The zero-order chi connectivity index (χ0) is 18.8. The van der Waals surface area contributed by atoms with Crippen LogP contribution < -0.4 is 16.6 Å². The second kappa shape index (κ2) is 6.64. The molecule has 0 bridgehead atoms. The van der Waals surface area contributed by atoms with Crippen LogP contribution in [0.3, 0.4) is 0 Å². The number of hydrogen-bond donors (Lipinski definition) is 1. The van der Waals surface area contributed by atoms with Crippen molar-refractivity contribution in [2.75, 3.05) is 5.32 Å². The molecule has 3 rings (SSSR count). The third-order valence-electron chi connectivity index (χ3n) is 4.03. The molecule has 8 nitrogen and oxygen atoms in total. The zero-order valence-corrected chi connectivity index (χ0v) is 14.2. The Hall–Kier alpha value is -3.73. The molecule has 0 radical (unpaired) electrons. The number of nitrogens with zero attached hydrogens (tertiary/aromatic N) is 4. The Balaban J connectivity index is 1.95. The first-order valence-corrected chi connectivity index (χ1v) is 7.76. The summed E-state index contributed by atoms with van der Waals surface area (Å²) in [4.78, 5) is 40.8. The van der Waals surface area contributed by atoms with Crippen molar-refractivity contribution in [1.82, 2.24) is 14.1 Å². The lowest BCUT2D eigenvalue weighted by atomic mass is 10.1. The van der Waals surface area contributed by atoms with Crippen molar-refractivity contribution in [1.29, 1.82) is 5.26 Å². The minimum absolute atomic E-state index is 0.0851. The molecule has 2 heterocycles. The first-order valence-electron chi connectivity index (χ1n) is 7.76. The van der Waals surface area contributed by atoms with Crippen LogP contribution in [0.1, 0.15) is 16.1 Å². The number of anilines is 1. The van der Waals surface area contributed by atoms with E-state index in [1.54, 1.807) is 24.3 Å². The van der Waals surface area contributed by atoms with Crippen molar-refractivity contribution in [3.05, 3.63) is 68.5 Å². The number of carbonyl (C=O) groups is 1. The Bertz CT molecular complexity index is 1170. The summed E-state index contributed by atoms with van der Waals surface area (Å²) in [6.45, 7) is 0. The van der Waals surface area contributed by atoms with E-state index in [-0.39, 0.29) is 16.7 Å². The minimum atomic E-state index is -0.513. The van der Waals surface area contributed by atoms with E-state index in [0.29, 0.717) is 12.1 Å². The molecule has 1 aromatic carbocycles. The number of carbonyl (C=O) groups excluding carboxylic acids is 1. The molecule has 130 valence electrons. The highest BCUT2D eigenvalue weighted by atomic mass is 16.2. The number of amides is 1. The molecular formula is C18H15N5O3. The van der Waals surface area contributed by atoms with E-state index in [1.165, 1.54) is 30.8 Å². The number of fused-ring (bicyclic) bond motifs is 1. The molecule has 0 aliphatic rings. The topological polar surface area (TPSA) is 110 Å². The largest absolute Gasteiger partial charge is 0.332 e. The molecule has 3 aromatic rings. The van der Waals surface area contributed by atoms with Crippen LogP contribution in [0.5, 0.6) is 0 Å². The first-order chi connectivity index (χ1) is 12.4.